The molecule has 0 aromatic heterocycles. The first kappa shape index (κ1) is 16.9. The number of hydrogen-bond donors (Lipinski definition) is 1. The summed E-state index contributed by atoms with van der Waals surface area (Å²) in [4.78, 5) is 26.3. The number of anilines is 2. The first-order chi connectivity index (χ1) is 12.5. The molecule has 4 nitrogen and oxygen atoms in total. The third-order valence-corrected chi connectivity index (χ3v) is 5.14. The molecule has 0 bridgehead atoms. The van der Waals surface area contributed by atoms with Gasteiger partial charge in [0.15, 0.2) is 0 Å². The number of carbonyl (C=O) groups is 2. The van der Waals surface area contributed by atoms with Gasteiger partial charge in [-0.05, 0) is 41.1 Å². The van der Waals surface area contributed by atoms with Crippen molar-refractivity contribution in [2.75, 3.05) is 10.2 Å². The number of carbonyl (C=O) groups excluding carboxylic acids is 2. The molecule has 0 unspecified atom stereocenters. The molecule has 3 aromatic carbocycles. The van der Waals surface area contributed by atoms with E-state index in [9.17, 15) is 9.59 Å². The summed E-state index contributed by atoms with van der Waals surface area (Å²) in [5.74, 6) is -0.576. The van der Waals surface area contributed by atoms with Gasteiger partial charge in [-0.2, -0.15) is 0 Å². The average Bonchev–Trinajstić information content (AvgIpc) is 2.91. The Hall–Kier alpha value is -2.56. The van der Waals surface area contributed by atoms with Crippen LogP contribution in [-0.2, 0) is 9.59 Å². The van der Waals surface area contributed by atoms with Crippen LogP contribution in [0.2, 0.25) is 10.0 Å². The van der Waals surface area contributed by atoms with E-state index in [4.69, 9.17) is 23.2 Å². The van der Waals surface area contributed by atoms with Gasteiger partial charge < -0.3 is 5.32 Å². The molecule has 1 aliphatic heterocycles. The van der Waals surface area contributed by atoms with Crippen LogP contribution >= 0.6 is 23.2 Å². The number of nitrogens with one attached hydrogen (secondary N) is 1. The van der Waals surface area contributed by atoms with Crippen LogP contribution in [0.15, 0.2) is 60.7 Å². The number of rotatable bonds is 3. The zero-order valence-corrected chi connectivity index (χ0v) is 15.1. The predicted octanol–water partition coefficient (Wildman–Crippen LogP) is 4.89. The Morgan fingerprint density at radius 2 is 1.65 bits per heavy atom. The van der Waals surface area contributed by atoms with Crippen LogP contribution < -0.4 is 10.2 Å². The Balaban J connectivity index is 1.59. The molecule has 0 radical (unpaired) electrons. The monoisotopic (exact) mass is 384 g/mol. The fourth-order valence-corrected chi connectivity index (χ4v) is 3.41. The van der Waals surface area contributed by atoms with Crippen molar-refractivity contribution in [1.29, 1.82) is 0 Å². The van der Waals surface area contributed by atoms with Crippen molar-refractivity contribution in [2.45, 2.75) is 12.5 Å². The second-order valence-corrected chi connectivity index (χ2v) is 6.94. The Morgan fingerprint density at radius 3 is 2.42 bits per heavy atom. The molecule has 1 N–H and O–H groups in total. The van der Waals surface area contributed by atoms with E-state index >= 15 is 0 Å². The SMILES string of the molecule is O=C1C[C@@H](Nc2ccc3ccccc3c2)C(=O)N1c1ccc(Cl)c(Cl)c1. The number of amides is 2. The molecule has 6 heteroatoms. The van der Waals surface area contributed by atoms with E-state index < -0.39 is 6.04 Å². The van der Waals surface area contributed by atoms with Gasteiger partial charge in [-0.25, -0.2) is 4.90 Å². The number of benzene rings is 3. The molecule has 26 heavy (non-hydrogen) atoms. The maximum absolute atomic E-state index is 12.7. The van der Waals surface area contributed by atoms with E-state index in [1.165, 1.54) is 6.07 Å². The Bertz CT molecular complexity index is 1040. The highest BCUT2D eigenvalue weighted by Gasteiger charge is 2.39. The summed E-state index contributed by atoms with van der Waals surface area (Å²) in [5.41, 5.74) is 1.23. The summed E-state index contributed by atoms with van der Waals surface area (Å²) in [6.07, 6.45) is 0.0892. The van der Waals surface area contributed by atoms with Crippen LogP contribution in [0.1, 0.15) is 6.42 Å². The van der Waals surface area contributed by atoms with Gasteiger partial charge in [0, 0.05) is 5.69 Å². The largest absolute Gasteiger partial charge is 0.373 e. The second-order valence-electron chi connectivity index (χ2n) is 6.13. The normalized spacial score (nSPS) is 17.2. The van der Waals surface area contributed by atoms with E-state index in [-0.39, 0.29) is 18.2 Å². The highest BCUT2D eigenvalue weighted by molar-refractivity contribution is 6.42. The van der Waals surface area contributed by atoms with Crippen molar-refractivity contribution in [3.8, 4) is 0 Å². The summed E-state index contributed by atoms with van der Waals surface area (Å²) in [6, 6.07) is 17.9. The van der Waals surface area contributed by atoms with Crippen LogP contribution in [-0.4, -0.2) is 17.9 Å². The molecule has 0 aliphatic carbocycles. The highest BCUT2D eigenvalue weighted by atomic mass is 35.5. The van der Waals surface area contributed by atoms with Gasteiger partial charge in [0.25, 0.3) is 5.91 Å². The first-order valence-electron chi connectivity index (χ1n) is 8.10. The van der Waals surface area contributed by atoms with Crippen molar-refractivity contribution in [3.63, 3.8) is 0 Å². The van der Waals surface area contributed by atoms with Gasteiger partial charge in [-0.3, -0.25) is 9.59 Å². The summed E-state index contributed by atoms with van der Waals surface area (Å²) < 4.78 is 0. The van der Waals surface area contributed by atoms with E-state index in [0.29, 0.717) is 15.7 Å². The van der Waals surface area contributed by atoms with Gasteiger partial charge in [-0.15, -0.1) is 0 Å². The van der Waals surface area contributed by atoms with Crippen LogP contribution in [0.4, 0.5) is 11.4 Å². The molecular formula is C20H14Cl2N2O2. The molecule has 1 fully saturated rings. The summed E-state index contributed by atoms with van der Waals surface area (Å²) in [5, 5.41) is 6.03. The van der Waals surface area contributed by atoms with Crippen molar-refractivity contribution in [1.82, 2.24) is 0 Å². The quantitative estimate of drug-likeness (QED) is 0.653. The minimum Gasteiger partial charge on any atom is -0.373 e. The fraction of sp³-hybridized carbons (Fsp3) is 0.100. The molecule has 0 spiro atoms. The van der Waals surface area contributed by atoms with Gasteiger partial charge in [0.2, 0.25) is 5.91 Å². The van der Waals surface area contributed by atoms with Crippen LogP contribution in [0.5, 0.6) is 0 Å². The number of hydrogen-bond acceptors (Lipinski definition) is 3. The average molecular weight is 385 g/mol. The Morgan fingerprint density at radius 1 is 0.885 bits per heavy atom. The predicted molar refractivity (Wildman–Crippen MR) is 105 cm³/mol. The third-order valence-electron chi connectivity index (χ3n) is 4.40. The molecule has 0 saturated carbocycles. The maximum Gasteiger partial charge on any atom is 0.256 e. The molecule has 1 heterocycles. The van der Waals surface area contributed by atoms with E-state index in [1.807, 2.05) is 42.5 Å². The standard InChI is InChI=1S/C20H14Cl2N2O2/c21-16-8-7-15(10-17(16)22)24-19(25)11-18(20(24)26)23-14-6-5-12-3-1-2-4-13(12)9-14/h1-10,18,23H,11H2/t18-/m1/s1. The third kappa shape index (κ3) is 3.02. The lowest BCUT2D eigenvalue weighted by Crippen LogP contribution is -2.34. The lowest BCUT2D eigenvalue weighted by atomic mass is 10.1. The topological polar surface area (TPSA) is 49.4 Å². The minimum atomic E-state index is -0.613. The van der Waals surface area contributed by atoms with Crippen molar-refractivity contribution >= 4 is 57.2 Å². The summed E-state index contributed by atoms with van der Waals surface area (Å²) in [6.45, 7) is 0. The van der Waals surface area contributed by atoms with Gasteiger partial charge in [0.1, 0.15) is 6.04 Å². The zero-order chi connectivity index (χ0) is 18.3. The van der Waals surface area contributed by atoms with Crippen LogP contribution in [0, 0.1) is 0 Å². The molecule has 2 amide bonds. The van der Waals surface area contributed by atoms with E-state index in [1.54, 1.807) is 12.1 Å². The van der Waals surface area contributed by atoms with Gasteiger partial charge >= 0.3 is 0 Å². The van der Waals surface area contributed by atoms with Crippen molar-refractivity contribution in [2.24, 2.45) is 0 Å². The van der Waals surface area contributed by atoms with E-state index in [0.717, 1.165) is 21.4 Å². The molecular weight excluding hydrogens is 371 g/mol. The number of nitrogens with zero attached hydrogens (tertiary/aromatic N) is 1. The molecule has 1 atom stereocenters. The number of imide groups is 1. The second kappa shape index (κ2) is 6.63. The zero-order valence-electron chi connectivity index (χ0n) is 13.6. The molecule has 3 aromatic rings. The lowest BCUT2D eigenvalue weighted by Gasteiger charge is -2.17. The molecule has 1 aliphatic rings. The Labute approximate surface area is 160 Å². The number of fused-ring (bicyclic) bond motifs is 1. The van der Waals surface area contributed by atoms with Gasteiger partial charge in [0.05, 0.1) is 22.2 Å². The van der Waals surface area contributed by atoms with Crippen LogP contribution in [0.25, 0.3) is 10.8 Å². The number of halogens is 2. The molecule has 130 valence electrons. The Kier molecular flexibility index (Phi) is 4.31. The first-order valence-corrected chi connectivity index (χ1v) is 8.86. The minimum absolute atomic E-state index is 0.0892. The fourth-order valence-electron chi connectivity index (χ4n) is 3.12. The highest BCUT2D eigenvalue weighted by Crippen LogP contribution is 2.31. The summed E-state index contributed by atoms with van der Waals surface area (Å²) in [7, 11) is 0. The van der Waals surface area contributed by atoms with Crippen molar-refractivity contribution in [3.05, 3.63) is 70.7 Å². The smallest absolute Gasteiger partial charge is 0.256 e. The van der Waals surface area contributed by atoms with E-state index in [2.05, 4.69) is 5.32 Å². The van der Waals surface area contributed by atoms with Crippen molar-refractivity contribution < 1.29 is 9.59 Å². The van der Waals surface area contributed by atoms with Gasteiger partial charge in [-0.1, -0.05) is 53.5 Å². The summed E-state index contributed by atoms with van der Waals surface area (Å²) >= 11 is 11.9. The van der Waals surface area contributed by atoms with Crippen LogP contribution in [0.3, 0.4) is 0 Å². The molecule has 4 rings (SSSR count). The molecule has 1 saturated heterocycles. The lowest BCUT2D eigenvalue weighted by molar-refractivity contribution is -0.121. The maximum atomic E-state index is 12.7.